The molecule has 156 valence electrons. The van der Waals surface area contributed by atoms with Gasteiger partial charge in [0.2, 0.25) is 5.95 Å². The highest BCUT2D eigenvalue weighted by Gasteiger charge is 2.27. The molecule has 0 unspecified atom stereocenters. The number of hydrogen-bond donors (Lipinski definition) is 0. The first-order chi connectivity index (χ1) is 14.3. The summed E-state index contributed by atoms with van der Waals surface area (Å²) in [5.74, 6) is 0.646. The van der Waals surface area contributed by atoms with Gasteiger partial charge in [0.1, 0.15) is 5.60 Å². The lowest BCUT2D eigenvalue weighted by Gasteiger charge is -2.35. The van der Waals surface area contributed by atoms with Gasteiger partial charge in [-0.2, -0.15) is 0 Å². The van der Waals surface area contributed by atoms with Gasteiger partial charge in [0, 0.05) is 42.2 Å². The summed E-state index contributed by atoms with van der Waals surface area (Å²) in [6.07, 6.45) is -0.279. The number of carbonyl (C=O) groups excluding carboxylic acids is 1. The van der Waals surface area contributed by atoms with E-state index in [0.29, 0.717) is 37.1 Å². The van der Waals surface area contributed by atoms with Crippen LogP contribution in [-0.2, 0) is 4.74 Å². The van der Waals surface area contributed by atoms with Crippen molar-refractivity contribution in [3.8, 4) is 11.3 Å². The van der Waals surface area contributed by atoms with Gasteiger partial charge in [-0.05, 0) is 39.0 Å². The van der Waals surface area contributed by atoms with Crippen LogP contribution < -0.4 is 4.90 Å². The summed E-state index contributed by atoms with van der Waals surface area (Å²) in [6.45, 7) is 8.03. The zero-order valence-electron chi connectivity index (χ0n) is 17.4. The van der Waals surface area contributed by atoms with Crippen molar-refractivity contribution in [1.82, 2.24) is 14.9 Å². The molecule has 30 heavy (non-hydrogen) atoms. The second kappa shape index (κ2) is 8.11. The van der Waals surface area contributed by atoms with Crippen molar-refractivity contribution in [2.45, 2.75) is 26.4 Å². The van der Waals surface area contributed by atoms with Crippen molar-refractivity contribution in [1.29, 1.82) is 0 Å². The molecular weight excluding hydrogens is 400 g/mol. The molecule has 3 aromatic rings. The van der Waals surface area contributed by atoms with E-state index in [1.54, 1.807) is 4.90 Å². The molecule has 0 atom stereocenters. The van der Waals surface area contributed by atoms with Crippen LogP contribution >= 0.6 is 11.6 Å². The maximum Gasteiger partial charge on any atom is 0.410 e. The fourth-order valence-corrected chi connectivity index (χ4v) is 3.63. The minimum atomic E-state index is -0.500. The van der Waals surface area contributed by atoms with Gasteiger partial charge in [-0.1, -0.05) is 41.9 Å². The lowest BCUT2D eigenvalue weighted by atomic mass is 10.1. The normalized spacial score (nSPS) is 14.8. The standard InChI is InChI=1S/C23H25ClN4O2/c1-23(2,3)30-22(29)28-13-11-27(12-14-28)21-25-19-15-17(24)9-10-18(19)20(26-21)16-7-5-4-6-8-16/h4-10,15H,11-14H2,1-3H3. The monoisotopic (exact) mass is 424 g/mol. The number of anilines is 1. The van der Waals surface area contributed by atoms with Crippen molar-refractivity contribution in [2.24, 2.45) is 0 Å². The Morgan fingerprint density at radius 2 is 1.70 bits per heavy atom. The van der Waals surface area contributed by atoms with Crippen molar-refractivity contribution in [3.05, 3.63) is 53.6 Å². The van der Waals surface area contributed by atoms with Crippen molar-refractivity contribution in [2.75, 3.05) is 31.1 Å². The summed E-state index contributed by atoms with van der Waals surface area (Å²) in [5.41, 5.74) is 2.21. The third kappa shape index (κ3) is 4.49. The molecule has 0 spiro atoms. The highest BCUT2D eigenvalue weighted by atomic mass is 35.5. The number of nitrogens with zero attached hydrogens (tertiary/aromatic N) is 4. The van der Waals surface area contributed by atoms with E-state index in [1.807, 2.05) is 69.3 Å². The Kier molecular flexibility index (Phi) is 5.52. The van der Waals surface area contributed by atoms with Crippen LogP contribution in [0, 0.1) is 0 Å². The van der Waals surface area contributed by atoms with Crippen LogP contribution in [-0.4, -0.2) is 52.7 Å². The lowest BCUT2D eigenvalue weighted by molar-refractivity contribution is 0.0240. The Bertz CT molecular complexity index is 1060. The molecule has 0 radical (unpaired) electrons. The Hall–Kier alpha value is -2.86. The molecule has 1 saturated heterocycles. The van der Waals surface area contributed by atoms with Crippen molar-refractivity contribution in [3.63, 3.8) is 0 Å². The van der Waals surface area contributed by atoms with Gasteiger partial charge in [0.15, 0.2) is 0 Å². The number of carbonyl (C=O) groups is 1. The van der Waals surface area contributed by atoms with Crippen LogP contribution in [0.5, 0.6) is 0 Å². The van der Waals surface area contributed by atoms with E-state index >= 15 is 0 Å². The number of piperazine rings is 1. The summed E-state index contributed by atoms with van der Waals surface area (Å²) >= 11 is 6.23. The molecule has 0 N–H and O–H groups in total. The predicted octanol–water partition coefficient (Wildman–Crippen LogP) is 5.01. The minimum Gasteiger partial charge on any atom is -0.444 e. The maximum atomic E-state index is 12.3. The molecule has 1 aliphatic rings. The summed E-state index contributed by atoms with van der Waals surface area (Å²) in [7, 11) is 0. The van der Waals surface area contributed by atoms with Crippen LogP contribution in [0.15, 0.2) is 48.5 Å². The highest BCUT2D eigenvalue weighted by molar-refractivity contribution is 6.31. The number of rotatable bonds is 2. The number of halogens is 1. The maximum absolute atomic E-state index is 12.3. The number of amides is 1. The first kappa shape index (κ1) is 20.4. The SMILES string of the molecule is CC(C)(C)OC(=O)N1CCN(c2nc(-c3ccccc3)c3ccc(Cl)cc3n2)CC1. The smallest absolute Gasteiger partial charge is 0.410 e. The van der Waals surface area contributed by atoms with Gasteiger partial charge in [-0.15, -0.1) is 0 Å². The molecule has 1 aliphatic heterocycles. The van der Waals surface area contributed by atoms with Gasteiger partial charge >= 0.3 is 6.09 Å². The molecule has 2 heterocycles. The average molecular weight is 425 g/mol. The molecule has 7 heteroatoms. The van der Waals surface area contributed by atoms with Gasteiger partial charge in [-0.3, -0.25) is 0 Å². The summed E-state index contributed by atoms with van der Waals surface area (Å²) in [6, 6.07) is 15.8. The Morgan fingerprint density at radius 3 is 2.37 bits per heavy atom. The molecule has 6 nitrogen and oxygen atoms in total. The summed E-state index contributed by atoms with van der Waals surface area (Å²) < 4.78 is 5.49. The molecule has 0 saturated carbocycles. The van der Waals surface area contributed by atoms with E-state index in [1.165, 1.54) is 0 Å². The Labute approximate surface area is 181 Å². The Balaban J connectivity index is 1.62. The molecule has 0 aliphatic carbocycles. The van der Waals surface area contributed by atoms with Crippen LogP contribution in [0.1, 0.15) is 20.8 Å². The number of benzene rings is 2. The van der Waals surface area contributed by atoms with Gasteiger partial charge in [0.05, 0.1) is 11.2 Å². The third-order valence-corrected chi connectivity index (χ3v) is 5.14. The zero-order valence-corrected chi connectivity index (χ0v) is 18.2. The molecular formula is C23H25ClN4O2. The Morgan fingerprint density at radius 1 is 1.00 bits per heavy atom. The number of hydrogen-bond acceptors (Lipinski definition) is 5. The van der Waals surface area contributed by atoms with Crippen LogP contribution in [0.25, 0.3) is 22.2 Å². The second-order valence-electron chi connectivity index (χ2n) is 8.35. The number of fused-ring (bicyclic) bond motifs is 1. The zero-order chi connectivity index (χ0) is 21.3. The number of aromatic nitrogens is 2. The molecule has 2 aromatic carbocycles. The van der Waals surface area contributed by atoms with Crippen molar-refractivity contribution < 1.29 is 9.53 Å². The quantitative estimate of drug-likeness (QED) is 0.578. The van der Waals surface area contributed by atoms with E-state index in [9.17, 15) is 4.79 Å². The van der Waals surface area contributed by atoms with E-state index in [0.717, 1.165) is 22.2 Å². The van der Waals surface area contributed by atoms with E-state index < -0.39 is 5.60 Å². The molecule has 4 rings (SSSR count). The molecule has 1 amide bonds. The number of ether oxygens (including phenoxy) is 1. The lowest BCUT2D eigenvalue weighted by Crippen LogP contribution is -2.50. The van der Waals surface area contributed by atoms with Gasteiger partial charge < -0.3 is 14.5 Å². The highest BCUT2D eigenvalue weighted by Crippen LogP contribution is 2.30. The van der Waals surface area contributed by atoms with E-state index in [2.05, 4.69) is 4.90 Å². The minimum absolute atomic E-state index is 0.279. The van der Waals surface area contributed by atoms with Crippen LogP contribution in [0.3, 0.4) is 0 Å². The topological polar surface area (TPSA) is 58.6 Å². The van der Waals surface area contributed by atoms with Crippen LogP contribution in [0.2, 0.25) is 5.02 Å². The molecule has 0 bridgehead atoms. The van der Waals surface area contributed by atoms with Gasteiger partial charge in [-0.25, -0.2) is 14.8 Å². The summed E-state index contributed by atoms with van der Waals surface area (Å²) in [5, 5.41) is 1.60. The van der Waals surface area contributed by atoms with Crippen LogP contribution in [0.4, 0.5) is 10.7 Å². The average Bonchev–Trinajstić information content (AvgIpc) is 2.72. The third-order valence-electron chi connectivity index (χ3n) is 4.91. The van der Waals surface area contributed by atoms with Gasteiger partial charge in [0.25, 0.3) is 0 Å². The van der Waals surface area contributed by atoms with E-state index in [-0.39, 0.29) is 6.09 Å². The molecule has 1 aromatic heterocycles. The fraction of sp³-hybridized carbons (Fsp3) is 0.348. The first-order valence-corrected chi connectivity index (χ1v) is 10.4. The first-order valence-electron chi connectivity index (χ1n) is 10.1. The predicted molar refractivity (Wildman–Crippen MR) is 120 cm³/mol. The van der Waals surface area contributed by atoms with E-state index in [4.69, 9.17) is 26.3 Å². The van der Waals surface area contributed by atoms with Crippen molar-refractivity contribution >= 4 is 34.5 Å². The largest absolute Gasteiger partial charge is 0.444 e. The second-order valence-corrected chi connectivity index (χ2v) is 8.79. The fourth-order valence-electron chi connectivity index (χ4n) is 3.46. The summed E-state index contributed by atoms with van der Waals surface area (Å²) in [4.78, 5) is 25.8. The molecule has 1 fully saturated rings.